The first-order chi connectivity index (χ1) is 10.0. The molecule has 0 unspecified atom stereocenters. The predicted octanol–water partition coefficient (Wildman–Crippen LogP) is 2.38. The number of aromatic amines is 1. The maximum atomic E-state index is 11.9. The van der Waals surface area contributed by atoms with Crippen molar-refractivity contribution in [3.8, 4) is 0 Å². The van der Waals surface area contributed by atoms with E-state index in [9.17, 15) is 4.79 Å². The zero-order valence-corrected chi connectivity index (χ0v) is 13.4. The standard InChI is InChI=1S/C16H28N4O/c1-4-9-20(13-7-5-12(17)6-8-13)14-10-15(21)19-16(18-14)11(2)3/h10-13H,4-9,17H2,1-3H3,(H,18,19,21). The highest BCUT2D eigenvalue weighted by molar-refractivity contribution is 5.39. The lowest BCUT2D eigenvalue weighted by Gasteiger charge is -2.37. The van der Waals surface area contributed by atoms with E-state index in [-0.39, 0.29) is 11.5 Å². The molecule has 1 aliphatic carbocycles. The normalized spacial score (nSPS) is 22.5. The van der Waals surface area contributed by atoms with Gasteiger partial charge in [0, 0.05) is 30.6 Å². The molecule has 1 aromatic heterocycles. The van der Waals surface area contributed by atoms with E-state index in [1.54, 1.807) is 6.07 Å². The number of nitrogens with one attached hydrogen (secondary N) is 1. The Labute approximate surface area is 127 Å². The maximum absolute atomic E-state index is 11.9. The van der Waals surface area contributed by atoms with Crippen LogP contribution >= 0.6 is 0 Å². The highest BCUT2D eigenvalue weighted by Crippen LogP contribution is 2.26. The Kier molecular flexibility index (Phi) is 5.39. The third-order valence-corrected chi connectivity index (χ3v) is 4.23. The van der Waals surface area contributed by atoms with Crippen molar-refractivity contribution in [3.05, 3.63) is 22.2 Å². The minimum atomic E-state index is -0.0580. The Morgan fingerprint density at radius 2 is 2.05 bits per heavy atom. The van der Waals surface area contributed by atoms with Crippen molar-refractivity contribution < 1.29 is 0 Å². The lowest BCUT2D eigenvalue weighted by Crippen LogP contribution is -2.42. The van der Waals surface area contributed by atoms with Gasteiger partial charge in [0.05, 0.1) is 0 Å². The molecule has 0 saturated heterocycles. The van der Waals surface area contributed by atoms with Gasteiger partial charge in [-0.05, 0) is 32.1 Å². The second kappa shape index (κ2) is 7.07. The largest absolute Gasteiger partial charge is 0.353 e. The number of hydrogen-bond acceptors (Lipinski definition) is 4. The zero-order chi connectivity index (χ0) is 15.4. The minimum absolute atomic E-state index is 0.0580. The molecule has 1 aromatic rings. The molecule has 0 amide bonds. The van der Waals surface area contributed by atoms with Crippen molar-refractivity contribution in [3.63, 3.8) is 0 Å². The molecule has 0 aromatic carbocycles. The molecule has 0 bridgehead atoms. The third-order valence-electron chi connectivity index (χ3n) is 4.23. The van der Waals surface area contributed by atoms with Gasteiger partial charge < -0.3 is 15.6 Å². The molecule has 1 saturated carbocycles. The van der Waals surface area contributed by atoms with Crippen LogP contribution in [0, 0.1) is 0 Å². The van der Waals surface area contributed by atoms with Gasteiger partial charge in [-0.3, -0.25) is 4.79 Å². The fourth-order valence-electron chi connectivity index (χ4n) is 3.02. The summed E-state index contributed by atoms with van der Waals surface area (Å²) in [5.74, 6) is 1.82. The lowest BCUT2D eigenvalue weighted by atomic mass is 9.90. The van der Waals surface area contributed by atoms with Crippen LogP contribution in [-0.4, -0.2) is 28.6 Å². The van der Waals surface area contributed by atoms with Crippen LogP contribution in [0.3, 0.4) is 0 Å². The van der Waals surface area contributed by atoms with Gasteiger partial charge in [0.1, 0.15) is 11.6 Å². The van der Waals surface area contributed by atoms with Gasteiger partial charge in [-0.2, -0.15) is 0 Å². The molecule has 1 heterocycles. The fraction of sp³-hybridized carbons (Fsp3) is 0.750. The summed E-state index contributed by atoms with van der Waals surface area (Å²) in [6.45, 7) is 7.20. The number of nitrogens with zero attached hydrogens (tertiary/aromatic N) is 2. The Hall–Kier alpha value is -1.36. The summed E-state index contributed by atoms with van der Waals surface area (Å²) in [6, 6.07) is 2.43. The summed E-state index contributed by atoms with van der Waals surface area (Å²) in [5.41, 5.74) is 5.95. The molecule has 0 radical (unpaired) electrons. The van der Waals surface area contributed by atoms with Crippen molar-refractivity contribution >= 4 is 5.82 Å². The summed E-state index contributed by atoms with van der Waals surface area (Å²) < 4.78 is 0. The van der Waals surface area contributed by atoms with E-state index in [0.717, 1.165) is 50.3 Å². The average Bonchev–Trinajstić information content (AvgIpc) is 2.45. The Morgan fingerprint density at radius 3 is 2.62 bits per heavy atom. The summed E-state index contributed by atoms with van der Waals surface area (Å²) >= 11 is 0. The van der Waals surface area contributed by atoms with Gasteiger partial charge in [0.15, 0.2) is 0 Å². The van der Waals surface area contributed by atoms with Crippen LogP contribution in [0.2, 0.25) is 0 Å². The van der Waals surface area contributed by atoms with E-state index in [4.69, 9.17) is 5.73 Å². The predicted molar refractivity (Wildman–Crippen MR) is 86.8 cm³/mol. The Morgan fingerprint density at radius 1 is 1.38 bits per heavy atom. The van der Waals surface area contributed by atoms with Gasteiger partial charge in [0.25, 0.3) is 5.56 Å². The molecule has 21 heavy (non-hydrogen) atoms. The molecule has 1 aliphatic rings. The number of H-pyrrole nitrogens is 1. The molecule has 5 heteroatoms. The minimum Gasteiger partial charge on any atom is -0.353 e. The van der Waals surface area contributed by atoms with Gasteiger partial charge in [-0.1, -0.05) is 20.8 Å². The van der Waals surface area contributed by atoms with Crippen LogP contribution in [-0.2, 0) is 0 Å². The van der Waals surface area contributed by atoms with Crippen LogP contribution in [0.5, 0.6) is 0 Å². The average molecular weight is 292 g/mol. The Bertz CT molecular complexity index is 503. The summed E-state index contributed by atoms with van der Waals surface area (Å²) in [5, 5.41) is 0. The number of nitrogens with two attached hydrogens (primary N) is 1. The van der Waals surface area contributed by atoms with Crippen molar-refractivity contribution in [2.24, 2.45) is 5.73 Å². The molecule has 118 valence electrons. The first-order valence-corrected chi connectivity index (χ1v) is 8.14. The van der Waals surface area contributed by atoms with E-state index in [2.05, 4.69) is 21.8 Å². The second-order valence-electron chi connectivity index (χ2n) is 6.41. The van der Waals surface area contributed by atoms with E-state index >= 15 is 0 Å². The highest BCUT2D eigenvalue weighted by atomic mass is 16.1. The molecule has 0 aliphatic heterocycles. The lowest BCUT2D eigenvalue weighted by molar-refractivity contribution is 0.373. The summed E-state index contributed by atoms with van der Waals surface area (Å²) in [6.07, 6.45) is 5.35. The van der Waals surface area contributed by atoms with E-state index in [1.165, 1.54) is 0 Å². The molecule has 2 rings (SSSR count). The smallest absolute Gasteiger partial charge is 0.252 e. The number of anilines is 1. The summed E-state index contributed by atoms with van der Waals surface area (Å²) in [4.78, 5) is 21.8. The quantitative estimate of drug-likeness (QED) is 0.873. The zero-order valence-electron chi connectivity index (χ0n) is 13.4. The summed E-state index contributed by atoms with van der Waals surface area (Å²) in [7, 11) is 0. The van der Waals surface area contributed by atoms with E-state index in [1.807, 2.05) is 13.8 Å². The van der Waals surface area contributed by atoms with Gasteiger partial charge in [0.2, 0.25) is 0 Å². The molecule has 0 atom stereocenters. The molecule has 1 fully saturated rings. The van der Waals surface area contributed by atoms with Crippen LogP contribution in [0.4, 0.5) is 5.82 Å². The molecular formula is C16H28N4O. The van der Waals surface area contributed by atoms with Crippen molar-refractivity contribution in [2.75, 3.05) is 11.4 Å². The molecule has 0 spiro atoms. The van der Waals surface area contributed by atoms with Crippen LogP contribution < -0.4 is 16.2 Å². The molecule has 5 nitrogen and oxygen atoms in total. The molecular weight excluding hydrogens is 264 g/mol. The third kappa shape index (κ3) is 4.06. The monoisotopic (exact) mass is 292 g/mol. The van der Waals surface area contributed by atoms with Crippen molar-refractivity contribution in [1.29, 1.82) is 0 Å². The second-order valence-corrected chi connectivity index (χ2v) is 6.41. The van der Waals surface area contributed by atoms with Crippen LogP contribution in [0.1, 0.15) is 64.6 Å². The van der Waals surface area contributed by atoms with E-state index < -0.39 is 0 Å². The van der Waals surface area contributed by atoms with Crippen molar-refractivity contribution in [2.45, 2.75) is 70.9 Å². The van der Waals surface area contributed by atoms with Crippen molar-refractivity contribution in [1.82, 2.24) is 9.97 Å². The first kappa shape index (κ1) is 16.0. The highest BCUT2D eigenvalue weighted by Gasteiger charge is 2.25. The SMILES string of the molecule is CCCN(c1cc(=O)[nH]c(C(C)C)n1)C1CCC(N)CC1. The Balaban J connectivity index is 2.27. The van der Waals surface area contributed by atoms with E-state index in [0.29, 0.717) is 12.1 Å². The van der Waals surface area contributed by atoms with Gasteiger partial charge in [-0.15, -0.1) is 0 Å². The topological polar surface area (TPSA) is 75.0 Å². The van der Waals surface area contributed by atoms with Gasteiger partial charge >= 0.3 is 0 Å². The maximum Gasteiger partial charge on any atom is 0.252 e. The first-order valence-electron chi connectivity index (χ1n) is 8.14. The fourth-order valence-corrected chi connectivity index (χ4v) is 3.02. The van der Waals surface area contributed by atoms with Crippen LogP contribution in [0.25, 0.3) is 0 Å². The number of rotatable bonds is 5. The number of hydrogen-bond donors (Lipinski definition) is 2. The van der Waals surface area contributed by atoms with Crippen LogP contribution in [0.15, 0.2) is 10.9 Å². The molecule has 3 N–H and O–H groups in total. The van der Waals surface area contributed by atoms with Gasteiger partial charge in [-0.25, -0.2) is 4.98 Å². The number of aromatic nitrogens is 2.